The third-order valence-electron chi connectivity index (χ3n) is 5.28. The van der Waals surface area contributed by atoms with Gasteiger partial charge in [0.1, 0.15) is 6.61 Å². The van der Waals surface area contributed by atoms with Crippen molar-refractivity contribution >= 4 is 27.3 Å². The van der Waals surface area contributed by atoms with Crippen LogP contribution < -0.4 is 4.74 Å². The molecule has 32 heavy (non-hydrogen) atoms. The molecule has 1 aliphatic heterocycles. The van der Waals surface area contributed by atoms with Gasteiger partial charge in [-0.2, -0.15) is 4.31 Å². The minimum absolute atomic E-state index is 0.139. The number of thiophene rings is 1. The molecule has 6 nitrogen and oxygen atoms in total. The van der Waals surface area contributed by atoms with Crippen LogP contribution in [-0.4, -0.2) is 49.7 Å². The van der Waals surface area contributed by atoms with Crippen LogP contribution in [-0.2, 0) is 16.6 Å². The van der Waals surface area contributed by atoms with Crippen molar-refractivity contribution in [2.45, 2.75) is 18.4 Å². The maximum Gasteiger partial charge on any atom is 0.264 e. The summed E-state index contributed by atoms with van der Waals surface area (Å²) in [6.45, 7) is 3.20. The fraction of sp³-hybridized carbons (Fsp3) is 0.261. The van der Waals surface area contributed by atoms with E-state index in [-0.39, 0.29) is 36.2 Å². The van der Waals surface area contributed by atoms with Gasteiger partial charge in [0, 0.05) is 31.7 Å². The van der Waals surface area contributed by atoms with Crippen LogP contribution in [0.15, 0.2) is 64.9 Å². The summed E-state index contributed by atoms with van der Waals surface area (Å²) in [5.74, 6) is -0.408. The highest BCUT2D eigenvalue weighted by atomic mass is 32.2. The van der Waals surface area contributed by atoms with E-state index < -0.39 is 15.8 Å². The molecule has 0 aliphatic carbocycles. The smallest absolute Gasteiger partial charge is 0.264 e. The van der Waals surface area contributed by atoms with Crippen molar-refractivity contribution in [1.82, 2.24) is 9.21 Å². The Hall–Kier alpha value is -2.75. The summed E-state index contributed by atoms with van der Waals surface area (Å²) >= 11 is 1.30. The van der Waals surface area contributed by atoms with Crippen LogP contribution in [0.2, 0.25) is 0 Å². The van der Waals surface area contributed by atoms with Crippen molar-refractivity contribution in [2.75, 3.05) is 26.2 Å². The Morgan fingerprint density at radius 1 is 1.06 bits per heavy atom. The maximum atomic E-state index is 13.7. The Balaban J connectivity index is 1.34. The summed E-state index contributed by atoms with van der Waals surface area (Å²) in [5, 5.41) is 1.81. The van der Waals surface area contributed by atoms with Crippen LogP contribution in [0.4, 0.5) is 4.39 Å². The number of aryl methyl sites for hydroxylation is 1. The van der Waals surface area contributed by atoms with E-state index in [1.54, 1.807) is 53.4 Å². The third kappa shape index (κ3) is 4.85. The molecular weight excluding hydrogens is 451 g/mol. The molecule has 2 heterocycles. The summed E-state index contributed by atoms with van der Waals surface area (Å²) in [5.41, 5.74) is 1.77. The molecule has 0 bridgehead atoms. The van der Waals surface area contributed by atoms with Crippen molar-refractivity contribution in [3.8, 4) is 5.75 Å². The zero-order valence-electron chi connectivity index (χ0n) is 17.5. The van der Waals surface area contributed by atoms with Crippen LogP contribution in [0.1, 0.15) is 20.8 Å². The van der Waals surface area contributed by atoms with Crippen LogP contribution in [0.5, 0.6) is 5.75 Å². The number of halogens is 1. The van der Waals surface area contributed by atoms with Gasteiger partial charge in [0.05, 0.1) is 9.77 Å². The Morgan fingerprint density at radius 3 is 2.44 bits per heavy atom. The average molecular weight is 475 g/mol. The third-order valence-corrected chi connectivity index (χ3v) is 8.16. The van der Waals surface area contributed by atoms with E-state index in [0.29, 0.717) is 18.0 Å². The molecule has 0 spiro atoms. The van der Waals surface area contributed by atoms with E-state index >= 15 is 0 Å². The number of rotatable bonds is 6. The number of hydrogen-bond acceptors (Lipinski definition) is 5. The van der Waals surface area contributed by atoms with Gasteiger partial charge < -0.3 is 9.64 Å². The summed E-state index contributed by atoms with van der Waals surface area (Å²) in [4.78, 5) is 15.3. The number of carbonyl (C=O) groups is 1. The van der Waals surface area contributed by atoms with Gasteiger partial charge in [0.15, 0.2) is 11.6 Å². The summed E-state index contributed by atoms with van der Waals surface area (Å²) in [6, 6.07) is 14.7. The van der Waals surface area contributed by atoms with Gasteiger partial charge >= 0.3 is 0 Å². The lowest BCUT2D eigenvalue weighted by molar-refractivity contribution is 0.0702. The first-order valence-corrected chi connectivity index (χ1v) is 12.5. The lowest BCUT2D eigenvalue weighted by atomic mass is 10.2. The van der Waals surface area contributed by atoms with Gasteiger partial charge in [-0.1, -0.05) is 29.8 Å². The molecule has 0 atom stereocenters. The van der Waals surface area contributed by atoms with E-state index in [9.17, 15) is 17.6 Å². The highest BCUT2D eigenvalue weighted by Crippen LogP contribution is 2.23. The summed E-state index contributed by atoms with van der Waals surface area (Å²) in [6.07, 6.45) is 0. The first kappa shape index (κ1) is 22.4. The molecule has 0 unspecified atom stereocenters. The van der Waals surface area contributed by atoms with Crippen LogP contribution >= 0.6 is 11.3 Å². The van der Waals surface area contributed by atoms with Crippen LogP contribution in [0.3, 0.4) is 0 Å². The first-order valence-electron chi connectivity index (χ1n) is 10.2. The average Bonchev–Trinajstić information content (AvgIpc) is 3.27. The molecule has 1 aliphatic rings. The Bertz CT molecular complexity index is 1200. The van der Waals surface area contributed by atoms with E-state index in [1.807, 2.05) is 12.3 Å². The lowest BCUT2D eigenvalue weighted by Crippen LogP contribution is -2.50. The Labute approximate surface area is 190 Å². The maximum absolute atomic E-state index is 13.7. The highest BCUT2D eigenvalue weighted by molar-refractivity contribution is 7.89. The second kappa shape index (κ2) is 9.40. The number of ether oxygens (including phenoxy) is 1. The zero-order valence-corrected chi connectivity index (χ0v) is 19.2. The highest BCUT2D eigenvalue weighted by Gasteiger charge is 2.30. The Morgan fingerprint density at radius 2 is 1.75 bits per heavy atom. The topological polar surface area (TPSA) is 66.9 Å². The first-order chi connectivity index (χ1) is 15.3. The molecule has 9 heteroatoms. The number of carbonyl (C=O) groups excluding carboxylic acids is 1. The lowest BCUT2D eigenvalue weighted by Gasteiger charge is -2.33. The molecule has 4 rings (SSSR count). The molecule has 1 amide bonds. The van der Waals surface area contributed by atoms with Crippen molar-refractivity contribution < 1.29 is 22.3 Å². The fourth-order valence-corrected chi connectivity index (χ4v) is 5.72. The van der Waals surface area contributed by atoms with Crippen LogP contribution in [0, 0.1) is 12.7 Å². The second-order valence-electron chi connectivity index (χ2n) is 7.55. The minimum Gasteiger partial charge on any atom is -0.486 e. The number of sulfonamides is 1. The molecular formula is C23H23FN2O4S2. The number of benzene rings is 2. The van der Waals surface area contributed by atoms with Crippen LogP contribution in [0.25, 0.3) is 0 Å². The predicted molar refractivity (Wildman–Crippen MR) is 121 cm³/mol. The molecule has 3 aromatic rings. The van der Waals surface area contributed by atoms with Gasteiger partial charge in [-0.25, -0.2) is 12.8 Å². The molecule has 0 saturated carbocycles. The van der Waals surface area contributed by atoms with Crippen molar-refractivity contribution in [1.29, 1.82) is 0 Å². The van der Waals surface area contributed by atoms with Gasteiger partial charge in [-0.15, -0.1) is 11.3 Å². The quantitative estimate of drug-likeness (QED) is 0.543. The number of para-hydroxylation sites is 1. The molecule has 1 aromatic heterocycles. The molecule has 0 radical (unpaired) electrons. The van der Waals surface area contributed by atoms with E-state index in [2.05, 4.69) is 0 Å². The largest absolute Gasteiger partial charge is 0.486 e. The van der Waals surface area contributed by atoms with Gasteiger partial charge in [-0.05, 0) is 42.6 Å². The number of hydrogen-bond donors (Lipinski definition) is 0. The van der Waals surface area contributed by atoms with Crippen molar-refractivity contribution in [3.63, 3.8) is 0 Å². The summed E-state index contributed by atoms with van der Waals surface area (Å²) < 4.78 is 46.3. The minimum atomic E-state index is -3.57. The van der Waals surface area contributed by atoms with Gasteiger partial charge in [0.2, 0.25) is 10.0 Å². The van der Waals surface area contributed by atoms with E-state index in [0.717, 1.165) is 11.1 Å². The molecule has 1 fully saturated rings. The van der Waals surface area contributed by atoms with Crippen molar-refractivity contribution in [3.05, 3.63) is 81.8 Å². The number of amides is 1. The van der Waals surface area contributed by atoms with Crippen molar-refractivity contribution in [2.24, 2.45) is 0 Å². The predicted octanol–water partition coefficient (Wildman–Crippen LogP) is 3.92. The second-order valence-corrected chi connectivity index (χ2v) is 10.4. The fourth-order valence-electron chi connectivity index (χ4n) is 3.43. The number of nitrogens with zero attached hydrogens (tertiary/aromatic N) is 2. The zero-order chi connectivity index (χ0) is 22.7. The monoisotopic (exact) mass is 474 g/mol. The number of piperazine rings is 1. The van der Waals surface area contributed by atoms with Gasteiger partial charge in [0.25, 0.3) is 5.91 Å². The summed E-state index contributed by atoms with van der Waals surface area (Å²) in [7, 11) is -3.57. The Kier molecular flexibility index (Phi) is 6.59. The van der Waals surface area contributed by atoms with E-state index in [4.69, 9.17) is 4.74 Å². The molecule has 168 valence electrons. The van der Waals surface area contributed by atoms with E-state index in [1.165, 1.54) is 21.7 Å². The normalized spacial score (nSPS) is 15.0. The molecule has 0 N–H and O–H groups in total. The molecule has 1 saturated heterocycles. The standard InChI is InChI=1S/C23H23FN2O4S2/c1-17-6-8-19(9-7-17)32(28,29)26-12-10-25(11-13-26)23(27)22-14-18(16-31-22)15-30-21-5-3-2-4-20(21)24/h2-9,14,16H,10-13,15H2,1H3. The molecule has 2 aromatic carbocycles. The van der Waals surface area contributed by atoms with Gasteiger partial charge in [-0.3, -0.25) is 4.79 Å². The SMILES string of the molecule is Cc1ccc(S(=O)(=O)N2CCN(C(=O)c3cc(COc4ccccc4F)cs3)CC2)cc1.